The van der Waals surface area contributed by atoms with E-state index in [1.54, 1.807) is 18.7 Å². The highest BCUT2D eigenvalue weighted by Crippen LogP contribution is 2.47. The molecule has 7 rings (SSSR count). The van der Waals surface area contributed by atoms with E-state index in [4.69, 9.17) is 4.74 Å². The van der Waals surface area contributed by atoms with Gasteiger partial charge in [0, 0.05) is 48.1 Å². The van der Waals surface area contributed by atoms with Crippen molar-refractivity contribution in [2.24, 2.45) is 11.8 Å². The lowest BCUT2D eigenvalue weighted by Gasteiger charge is -2.46. The molecule has 10 heteroatoms. The Bertz CT molecular complexity index is 1360. The number of nitrogens with one attached hydrogen (secondary N) is 2. The van der Waals surface area contributed by atoms with Crippen molar-refractivity contribution in [2.75, 3.05) is 26.7 Å². The Balaban J connectivity index is 1.18. The van der Waals surface area contributed by atoms with Crippen LogP contribution < -0.4 is 5.32 Å². The molecule has 1 aromatic heterocycles. The van der Waals surface area contributed by atoms with E-state index in [1.807, 2.05) is 0 Å². The molecule has 2 aromatic rings. The number of ether oxygens (including phenoxy) is 1. The maximum atomic E-state index is 13.9. The van der Waals surface area contributed by atoms with Crippen LogP contribution in [0.2, 0.25) is 0 Å². The first kappa shape index (κ1) is 24.1. The number of hydrogen-bond acceptors (Lipinski definition) is 6. The summed E-state index contributed by atoms with van der Waals surface area (Å²) < 4.78 is 6.24. The highest BCUT2D eigenvalue weighted by atomic mass is 16.7. The number of piperazine rings is 1. The number of H-pyrrole nitrogens is 1. The summed E-state index contributed by atoms with van der Waals surface area (Å²) in [6.07, 6.45) is 4.96. The molecule has 0 unspecified atom stereocenters. The lowest BCUT2D eigenvalue weighted by Crippen LogP contribution is -2.67. The molecule has 1 aromatic carbocycles. The largest absolute Gasteiger partial charge is 0.361 e. The van der Waals surface area contributed by atoms with Gasteiger partial charge >= 0.3 is 0 Å². The van der Waals surface area contributed by atoms with Crippen LogP contribution in [0.4, 0.5) is 0 Å². The molecule has 5 heterocycles. The summed E-state index contributed by atoms with van der Waals surface area (Å²) >= 11 is 0. The third kappa shape index (κ3) is 3.08. The second-order valence-electron chi connectivity index (χ2n) is 12.1. The van der Waals surface area contributed by atoms with Gasteiger partial charge < -0.3 is 25.2 Å². The standard InChI is InChI=1S/C28H35N5O5/c1-15(2)27(26(36)33-14-23(34)32-9-5-8-22(32)28(33,37)38-27)30-25(35)17-10-19-18-6-4-7-20-24(18)16(12-29-20)11-21(19)31(3)13-17/h4,6-7,12,15,17,19,21-22,29,37H,5,8-11,13-14H2,1-3H3,(H,30,35)/t17-,19+,21+,22+,27-,28+/m1/s1. The fraction of sp³-hybridized carbons (Fsp3) is 0.607. The number of aromatic nitrogens is 1. The van der Waals surface area contributed by atoms with Crippen molar-refractivity contribution < 1.29 is 24.2 Å². The fourth-order valence-corrected chi connectivity index (χ4v) is 7.80. The number of carbonyl (C=O) groups excluding carboxylic acids is 3. The number of aliphatic hydroxyl groups is 1. The molecule has 3 N–H and O–H groups in total. The van der Waals surface area contributed by atoms with Crippen LogP contribution in [0.15, 0.2) is 24.4 Å². The minimum atomic E-state index is -1.95. The van der Waals surface area contributed by atoms with E-state index in [9.17, 15) is 19.5 Å². The number of carbonyl (C=O) groups is 3. The van der Waals surface area contributed by atoms with Crippen molar-refractivity contribution in [3.05, 3.63) is 35.5 Å². The van der Waals surface area contributed by atoms with Crippen molar-refractivity contribution in [2.45, 2.75) is 69.2 Å². The Hall–Kier alpha value is -2.95. The van der Waals surface area contributed by atoms with Crippen LogP contribution >= 0.6 is 0 Å². The van der Waals surface area contributed by atoms with Crippen molar-refractivity contribution in [3.8, 4) is 0 Å². The van der Waals surface area contributed by atoms with Gasteiger partial charge in [-0.05, 0) is 49.9 Å². The lowest BCUT2D eigenvalue weighted by atomic mass is 9.72. The molecule has 6 atom stereocenters. The number of rotatable bonds is 3. The molecule has 4 aliphatic heterocycles. The first-order chi connectivity index (χ1) is 18.1. The lowest BCUT2D eigenvalue weighted by molar-refractivity contribution is -0.314. The van der Waals surface area contributed by atoms with Crippen molar-refractivity contribution >= 4 is 28.6 Å². The van der Waals surface area contributed by atoms with E-state index in [0.29, 0.717) is 32.0 Å². The zero-order chi connectivity index (χ0) is 26.6. The summed E-state index contributed by atoms with van der Waals surface area (Å²) in [5.41, 5.74) is 1.96. The van der Waals surface area contributed by atoms with Crippen LogP contribution in [0.1, 0.15) is 50.2 Å². The van der Waals surface area contributed by atoms with Crippen LogP contribution in [0.25, 0.3) is 10.9 Å². The van der Waals surface area contributed by atoms with Gasteiger partial charge in [0.25, 0.3) is 11.8 Å². The molecule has 0 spiro atoms. The molecule has 5 aliphatic rings. The Morgan fingerprint density at radius 2 is 2.11 bits per heavy atom. The predicted octanol–water partition coefficient (Wildman–Crippen LogP) is 1.11. The molecule has 3 amide bonds. The summed E-state index contributed by atoms with van der Waals surface area (Å²) in [5, 5.41) is 15.9. The van der Waals surface area contributed by atoms with Gasteiger partial charge in [0.2, 0.25) is 17.5 Å². The quantitative estimate of drug-likeness (QED) is 0.557. The van der Waals surface area contributed by atoms with Gasteiger partial charge in [-0.1, -0.05) is 26.0 Å². The second kappa shape index (κ2) is 8.03. The summed E-state index contributed by atoms with van der Waals surface area (Å²) in [6, 6.07) is 5.98. The Morgan fingerprint density at radius 3 is 2.89 bits per heavy atom. The van der Waals surface area contributed by atoms with Gasteiger partial charge in [-0.25, -0.2) is 0 Å². The molecule has 38 heavy (non-hydrogen) atoms. The molecule has 0 saturated carbocycles. The predicted molar refractivity (Wildman–Crippen MR) is 137 cm³/mol. The zero-order valence-electron chi connectivity index (χ0n) is 22.1. The number of nitrogens with zero attached hydrogens (tertiary/aromatic N) is 3. The molecule has 0 bridgehead atoms. The number of amides is 3. The number of hydrogen-bond donors (Lipinski definition) is 3. The highest BCUT2D eigenvalue weighted by molar-refractivity contribution is 5.96. The first-order valence-electron chi connectivity index (χ1n) is 13.8. The topological polar surface area (TPSA) is 118 Å². The molecular formula is C28H35N5O5. The Kier molecular flexibility index (Phi) is 5.10. The third-order valence-corrected chi connectivity index (χ3v) is 9.78. The maximum absolute atomic E-state index is 13.9. The summed E-state index contributed by atoms with van der Waals surface area (Å²) in [5.74, 6) is -3.59. The van der Waals surface area contributed by atoms with Gasteiger partial charge in [-0.2, -0.15) is 0 Å². The average molecular weight is 522 g/mol. The zero-order valence-corrected chi connectivity index (χ0v) is 22.1. The van der Waals surface area contributed by atoms with Gasteiger partial charge in [0.1, 0.15) is 12.6 Å². The molecule has 10 nitrogen and oxygen atoms in total. The minimum Gasteiger partial charge on any atom is -0.361 e. The van der Waals surface area contributed by atoms with E-state index >= 15 is 0 Å². The Labute approximate surface area is 221 Å². The highest BCUT2D eigenvalue weighted by Gasteiger charge is 2.69. The summed E-state index contributed by atoms with van der Waals surface area (Å²) in [7, 11) is 2.06. The summed E-state index contributed by atoms with van der Waals surface area (Å²) in [4.78, 5) is 48.9. The van der Waals surface area contributed by atoms with E-state index in [-0.39, 0.29) is 30.2 Å². The molecule has 1 aliphatic carbocycles. The second-order valence-corrected chi connectivity index (χ2v) is 12.1. The van der Waals surface area contributed by atoms with Crippen LogP contribution in [0, 0.1) is 11.8 Å². The number of likely N-dealkylation sites (tertiary alicyclic amines) is 1. The van der Waals surface area contributed by atoms with Crippen LogP contribution in [0.5, 0.6) is 0 Å². The van der Waals surface area contributed by atoms with Crippen molar-refractivity contribution in [1.82, 2.24) is 25.0 Å². The van der Waals surface area contributed by atoms with Gasteiger partial charge in [-0.15, -0.1) is 0 Å². The number of benzene rings is 1. The molecule has 0 radical (unpaired) electrons. The van der Waals surface area contributed by atoms with Gasteiger partial charge in [0.05, 0.1) is 5.92 Å². The SMILES string of the molecule is CC(C)[C@@]1(NC(=O)[C@@H]2C[C@H]3c4cccc5[nH]cc(c45)C[C@@H]3N(C)C2)O[C@@]2(O)[C@@H]3CCCN3C(=O)CN2C1=O. The monoisotopic (exact) mass is 521 g/mol. The maximum Gasteiger partial charge on any atom is 0.281 e. The molecule has 4 fully saturated rings. The van der Waals surface area contributed by atoms with Gasteiger partial charge in [-0.3, -0.25) is 24.0 Å². The molecule has 202 valence electrons. The number of fused-ring (bicyclic) bond motifs is 5. The van der Waals surface area contributed by atoms with Crippen molar-refractivity contribution in [1.29, 1.82) is 0 Å². The molecule has 4 saturated heterocycles. The minimum absolute atomic E-state index is 0.187. The summed E-state index contributed by atoms with van der Waals surface area (Å²) in [6.45, 7) is 4.44. The number of aromatic amines is 1. The smallest absolute Gasteiger partial charge is 0.281 e. The van der Waals surface area contributed by atoms with E-state index in [1.165, 1.54) is 16.5 Å². The first-order valence-corrected chi connectivity index (χ1v) is 13.8. The van der Waals surface area contributed by atoms with Crippen LogP contribution in [0.3, 0.4) is 0 Å². The normalized spacial score (nSPS) is 36.6. The average Bonchev–Trinajstić information content (AvgIpc) is 3.59. The van der Waals surface area contributed by atoms with E-state index in [0.717, 1.165) is 23.3 Å². The number of likely N-dealkylation sites (N-methyl/N-ethyl adjacent to an activating group) is 1. The number of piperidine rings is 1. The molecular weight excluding hydrogens is 486 g/mol. The van der Waals surface area contributed by atoms with E-state index < -0.39 is 29.5 Å². The van der Waals surface area contributed by atoms with E-state index in [2.05, 4.69) is 46.6 Å². The van der Waals surface area contributed by atoms with Crippen LogP contribution in [-0.4, -0.2) is 92.9 Å². The van der Waals surface area contributed by atoms with Crippen molar-refractivity contribution in [3.63, 3.8) is 0 Å². The Morgan fingerprint density at radius 1 is 1.29 bits per heavy atom. The fourth-order valence-electron chi connectivity index (χ4n) is 7.80. The van der Waals surface area contributed by atoms with Gasteiger partial charge in [0.15, 0.2) is 0 Å². The third-order valence-electron chi connectivity index (χ3n) is 9.78. The van der Waals surface area contributed by atoms with Crippen LogP contribution in [-0.2, 0) is 25.5 Å².